The molecule has 2 fully saturated rings. The maximum atomic E-state index is 9.90. The lowest BCUT2D eigenvalue weighted by Crippen LogP contribution is -2.49. The van der Waals surface area contributed by atoms with Crippen LogP contribution in [0.2, 0.25) is 0 Å². The van der Waals surface area contributed by atoms with Crippen molar-refractivity contribution in [2.75, 3.05) is 26.2 Å². The van der Waals surface area contributed by atoms with Crippen LogP contribution in [0.3, 0.4) is 0 Å². The summed E-state index contributed by atoms with van der Waals surface area (Å²) >= 11 is 0. The number of hydrogen-bond donors (Lipinski definition) is 1. The zero-order valence-electron chi connectivity index (χ0n) is 14.7. The molecule has 2 aliphatic rings. The summed E-state index contributed by atoms with van der Waals surface area (Å²) in [5.41, 5.74) is 2.73. The summed E-state index contributed by atoms with van der Waals surface area (Å²) in [5.74, 6) is 0. The van der Waals surface area contributed by atoms with Crippen LogP contribution in [0.25, 0.3) is 10.9 Å². The van der Waals surface area contributed by atoms with Crippen LogP contribution in [0.5, 0.6) is 0 Å². The molecule has 0 spiro atoms. The molecular weight excluding hydrogens is 298 g/mol. The van der Waals surface area contributed by atoms with Gasteiger partial charge in [-0.3, -0.25) is 9.80 Å². The van der Waals surface area contributed by atoms with Crippen molar-refractivity contribution in [3.8, 4) is 0 Å². The predicted octanol–water partition coefficient (Wildman–Crippen LogP) is 2.60. The molecule has 0 aliphatic carbocycles. The van der Waals surface area contributed by atoms with Crippen LogP contribution in [0.4, 0.5) is 0 Å². The number of aromatic nitrogens is 1. The maximum absolute atomic E-state index is 9.90. The number of rotatable bonds is 3. The van der Waals surface area contributed by atoms with Gasteiger partial charge >= 0.3 is 0 Å². The topological polar surface area (TPSA) is 31.6 Å². The average Bonchev–Trinajstić information content (AvgIpc) is 2.92. The summed E-state index contributed by atoms with van der Waals surface area (Å²) in [5, 5.41) is 11.2. The van der Waals surface area contributed by atoms with Crippen molar-refractivity contribution in [2.24, 2.45) is 7.05 Å². The Labute approximate surface area is 144 Å². The van der Waals surface area contributed by atoms with Crippen LogP contribution in [0.1, 0.15) is 31.4 Å². The Hall–Kier alpha value is -1.36. The van der Waals surface area contributed by atoms with E-state index in [1.165, 1.54) is 49.1 Å². The summed E-state index contributed by atoms with van der Waals surface area (Å²) in [6, 6.07) is 11.6. The second kappa shape index (κ2) is 6.87. The number of hydrogen-bond acceptors (Lipinski definition) is 3. The molecule has 0 bridgehead atoms. The number of nitrogens with zero attached hydrogens (tertiary/aromatic N) is 3. The van der Waals surface area contributed by atoms with Crippen molar-refractivity contribution in [3.05, 3.63) is 36.0 Å². The summed E-state index contributed by atoms with van der Waals surface area (Å²) in [6.45, 7) is 5.43. The number of fused-ring (bicyclic) bond motifs is 1. The van der Waals surface area contributed by atoms with Gasteiger partial charge in [-0.2, -0.15) is 0 Å². The lowest BCUT2D eigenvalue weighted by molar-refractivity contribution is 0.0241. The van der Waals surface area contributed by atoms with Crippen molar-refractivity contribution in [1.82, 2.24) is 14.4 Å². The first-order valence-corrected chi connectivity index (χ1v) is 9.38. The van der Waals surface area contributed by atoms with E-state index in [1.807, 2.05) is 0 Å². The normalized spacial score (nSPS) is 24.7. The van der Waals surface area contributed by atoms with Gasteiger partial charge in [-0.1, -0.05) is 18.2 Å². The molecule has 2 saturated heterocycles. The molecule has 2 aromatic rings. The minimum Gasteiger partial charge on any atom is -0.392 e. The number of aryl methyl sites for hydroxylation is 1. The molecule has 130 valence electrons. The number of piperidine rings is 2. The molecule has 0 unspecified atom stereocenters. The Kier molecular flexibility index (Phi) is 4.61. The third-order valence-corrected chi connectivity index (χ3v) is 5.94. The molecule has 1 atom stereocenters. The Morgan fingerprint density at radius 1 is 1.08 bits per heavy atom. The average molecular weight is 327 g/mol. The van der Waals surface area contributed by atoms with Crippen molar-refractivity contribution in [3.63, 3.8) is 0 Å². The SMILES string of the molecule is Cn1c(CN2CCC(N3CCC[C@H](O)C3)CC2)cc2ccccc21. The van der Waals surface area contributed by atoms with Gasteiger partial charge in [0.2, 0.25) is 0 Å². The molecule has 4 heteroatoms. The Balaban J connectivity index is 1.36. The summed E-state index contributed by atoms with van der Waals surface area (Å²) in [7, 11) is 2.18. The van der Waals surface area contributed by atoms with Crippen molar-refractivity contribution >= 4 is 10.9 Å². The van der Waals surface area contributed by atoms with E-state index in [0.29, 0.717) is 6.04 Å². The van der Waals surface area contributed by atoms with Gasteiger partial charge < -0.3 is 9.67 Å². The van der Waals surface area contributed by atoms with E-state index in [2.05, 4.69) is 51.7 Å². The van der Waals surface area contributed by atoms with Gasteiger partial charge in [-0.05, 0) is 49.7 Å². The number of aliphatic hydroxyl groups excluding tert-OH is 1. The van der Waals surface area contributed by atoms with Gasteiger partial charge in [0, 0.05) is 50.5 Å². The minimum absolute atomic E-state index is 0.104. The molecule has 24 heavy (non-hydrogen) atoms. The molecule has 3 heterocycles. The monoisotopic (exact) mass is 327 g/mol. The predicted molar refractivity (Wildman–Crippen MR) is 98.0 cm³/mol. The van der Waals surface area contributed by atoms with Crippen molar-refractivity contribution < 1.29 is 5.11 Å². The van der Waals surface area contributed by atoms with Gasteiger partial charge in [0.1, 0.15) is 0 Å². The van der Waals surface area contributed by atoms with E-state index in [4.69, 9.17) is 0 Å². The van der Waals surface area contributed by atoms with Crippen molar-refractivity contribution in [1.29, 1.82) is 0 Å². The Morgan fingerprint density at radius 2 is 1.88 bits per heavy atom. The first-order chi connectivity index (χ1) is 11.7. The first kappa shape index (κ1) is 16.1. The van der Waals surface area contributed by atoms with E-state index in [1.54, 1.807) is 0 Å². The molecule has 0 radical (unpaired) electrons. The standard InChI is InChI=1S/C20H29N3O/c1-21-18(13-16-5-2-3-7-20(16)21)14-22-11-8-17(9-12-22)23-10-4-6-19(24)15-23/h2-3,5,7,13,17,19,24H,4,6,8-12,14-15H2,1H3/t19-/m0/s1. The quantitative estimate of drug-likeness (QED) is 0.940. The van der Waals surface area contributed by atoms with E-state index < -0.39 is 0 Å². The summed E-state index contributed by atoms with van der Waals surface area (Å²) < 4.78 is 2.34. The molecule has 1 aromatic carbocycles. The van der Waals surface area contributed by atoms with Gasteiger partial charge in [0.15, 0.2) is 0 Å². The van der Waals surface area contributed by atoms with Crippen LogP contribution < -0.4 is 0 Å². The highest BCUT2D eigenvalue weighted by Crippen LogP contribution is 2.24. The second-order valence-electron chi connectivity index (χ2n) is 7.55. The molecule has 4 rings (SSSR count). The highest BCUT2D eigenvalue weighted by atomic mass is 16.3. The largest absolute Gasteiger partial charge is 0.392 e. The number of likely N-dealkylation sites (tertiary alicyclic amines) is 2. The maximum Gasteiger partial charge on any atom is 0.0667 e. The first-order valence-electron chi connectivity index (χ1n) is 9.38. The fraction of sp³-hybridized carbons (Fsp3) is 0.600. The Morgan fingerprint density at radius 3 is 2.62 bits per heavy atom. The molecular formula is C20H29N3O. The minimum atomic E-state index is -0.104. The van der Waals surface area contributed by atoms with E-state index in [9.17, 15) is 5.11 Å². The highest BCUT2D eigenvalue weighted by Gasteiger charge is 2.28. The molecule has 0 amide bonds. The van der Waals surface area contributed by atoms with Gasteiger partial charge in [0.25, 0.3) is 0 Å². The van der Waals surface area contributed by atoms with Crippen LogP contribution in [0.15, 0.2) is 30.3 Å². The number of para-hydroxylation sites is 1. The summed E-state index contributed by atoms with van der Waals surface area (Å²) in [6.07, 6.45) is 4.49. The van der Waals surface area contributed by atoms with E-state index in [-0.39, 0.29) is 6.10 Å². The van der Waals surface area contributed by atoms with E-state index >= 15 is 0 Å². The number of β-amino-alcohol motifs (C(OH)–C–C–N with tert-alkyl or cyclic N) is 1. The molecule has 4 nitrogen and oxygen atoms in total. The van der Waals surface area contributed by atoms with Crippen LogP contribution in [-0.4, -0.2) is 57.8 Å². The van der Waals surface area contributed by atoms with Gasteiger partial charge in [0.05, 0.1) is 6.10 Å². The lowest BCUT2D eigenvalue weighted by Gasteiger charge is -2.41. The highest BCUT2D eigenvalue weighted by molar-refractivity contribution is 5.81. The molecule has 1 aromatic heterocycles. The fourth-order valence-corrected chi connectivity index (χ4v) is 4.48. The van der Waals surface area contributed by atoms with E-state index in [0.717, 1.165) is 25.9 Å². The molecule has 0 saturated carbocycles. The summed E-state index contributed by atoms with van der Waals surface area (Å²) in [4.78, 5) is 5.12. The molecule has 1 N–H and O–H groups in total. The third-order valence-electron chi connectivity index (χ3n) is 5.94. The fourth-order valence-electron chi connectivity index (χ4n) is 4.48. The Bertz CT molecular complexity index is 687. The second-order valence-corrected chi connectivity index (χ2v) is 7.55. The zero-order valence-corrected chi connectivity index (χ0v) is 14.7. The zero-order chi connectivity index (χ0) is 16.5. The van der Waals surface area contributed by atoms with Crippen molar-refractivity contribution in [2.45, 2.75) is 44.4 Å². The third kappa shape index (κ3) is 3.23. The number of aliphatic hydroxyl groups is 1. The number of benzene rings is 1. The van der Waals surface area contributed by atoms with Gasteiger partial charge in [-0.15, -0.1) is 0 Å². The molecule has 2 aliphatic heterocycles. The van der Waals surface area contributed by atoms with Crippen LogP contribution in [0, 0.1) is 0 Å². The van der Waals surface area contributed by atoms with Crippen LogP contribution >= 0.6 is 0 Å². The lowest BCUT2D eigenvalue weighted by atomic mass is 9.99. The van der Waals surface area contributed by atoms with Gasteiger partial charge in [-0.25, -0.2) is 0 Å². The smallest absolute Gasteiger partial charge is 0.0667 e. The van der Waals surface area contributed by atoms with Crippen LogP contribution in [-0.2, 0) is 13.6 Å².